The predicted octanol–water partition coefficient (Wildman–Crippen LogP) is 2.92. The maximum atomic E-state index is 12.5. The van der Waals surface area contributed by atoms with Crippen LogP contribution in [0.2, 0.25) is 0 Å². The summed E-state index contributed by atoms with van der Waals surface area (Å²) in [4.78, 5) is -0.0624. The summed E-state index contributed by atoms with van der Waals surface area (Å²) in [5.41, 5.74) is 1.54. The first kappa shape index (κ1) is 17.8. The first-order valence-electron chi connectivity index (χ1n) is 6.38. The molecule has 1 aromatic carbocycles. The molecule has 0 bridgehead atoms. The van der Waals surface area contributed by atoms with Crippen LogP contribution in [0.25, 0.3) is 0 Å². The molecule has 4 nitrogen and oxygen atoms in total. The first-order valence-corrected chi connectivity index (χ1v) is 7.82. The molecule has 0 atom stereocenters. The third kappa shape index (κ3) is 4.10. The molecule has 0 spiro atoms. The molecular formula is C13H19F3N2O2S. The Kier molecular flexibility index (Phi) is 5.27. The van der Waals surface area contributed by atoms with E-state index in [9.17, 15) is 21.6 Å². The molecular weight excluding hydrogens is 305 g/mol. The number of aryl methyl sites for hydroxylation is 2. The summed E-state index contributed by atoms with van der Waals surface area (Å²) in [6.45, 7) is 2.80. The molecule has 8 heteroatoms. The molecule has 0 aliphatic carbocycles. The number of hydrogen-bond acceptors (Lipinski definition) is 3. The normalized spacial score (nSPS) is 12.8. The summed E-state index contributed by atoms with van der Waals surface area (Å²) < 4.78 is 63.0. The molecule has 0 fully saturated rings. The molecule has 1 aromatic rings. The van der Waals surface area contributed by atoms with E-state index in [2.05, 4.69) is 5.32 Å². The molecule has 0 saturated carbocycles. The van der Waals surface area contributed by atoms with Gasteiger partial charge in [-0.3, -0.25) is 0 Å². The van der Waals surface area contributed by atoms with Crippen molar-refractivity contribution in [1.82, 2.24) is 4.31 Å². The Morgan fingerprint density at radius 3 is 2.00 bits per heavy atom. The van der Waals surface area contributed by atoms with Crippen molar-refractivity contribution in [3.05, 3.63) is 23.3 Å². The fourth-order valence-electron chi connectivity index (χ4n) is 2.20. The highest BCUT2D eigenvalue weighted by atomic mass is 32.2. The van der Waals surface area contributed by atoms with Crippen molar-refractivity contribution in [2.24, 2.45) is 0 Å². The monoisotopic (exact) mass is 324 g/mol. The third-order valence-electron chi connectivity index (χ3n) is 3.06. The standard InChI is InChI=1S/C13H19F3N2O2S/c1-5-18(8-13(14,15)16)21(19,20)12-9(2)6-11(17-4)7-10(12)3/h6-7,17H,5,8H2,1-4H3. The summed E-state index contributed by atoms with van der Waals surface area (Å²) in [5, 5.41) is 2.88. The number of rotatable bonds is 5. The van der Waals surface area contributed by atoms with E-state index >= 15 is 0 Å². The Morgan fingerprint density at radius 2 is 1.67 bits per heavy atom. The number of sulfonamides is 1. The van der Waals surface area contributed by atoms with Crippen molar-refractivity contribution in [3.63, 3.8) is 0 Å². The third-order valence-corrected chi connectivity index (χ3v) is 5.28. The summed E-state index contributed by atoms with van der Waals surface area (Å²) in [5.74, 6) is 0. The number of nitrogens with one attached hydrogen (secondary N) is 1. The van der Waals surface area contributed by atoms with Crippen LogP contribution in [-0.2, 0) is 10.0 Å². The highest BCUT2D eigenvalue weighted by molar-refractivity contribution is 7.89. The van der Waals surface area contributed by atoms with E-state index in [4.69, 9.17) is 0 Å². The molecule has 0 amide bonds. The lowest BCUT2D eigenvalue weighted by Crippen LogP contribution is -2.39. The number of hydrogen-bond donors (Lipinski definition) is 1. The molecule has 0 heterocycles. The number of halogens is 3. The van der Waals surface area contributed by atoms with Gasteiger partial charge in [0.2, 0.25) is 10.0 Å². The molecule has 0 aliphatic heterocycles. The summed E-state index contributed by atoms with van der Waals surface area (Å²) in [6, 6.07) is 3.20. The first-order chi connectivity index (χ1) is 9.52. The Balaban J connectivity index is 3.36. The van der Waals surface area contributed by atoms with Gasteiger partial charge in [0, 0.05) is 19.3 Å². The molecule has 0 saturated heterocycles. The topological polar surface area (TPSA) is 49.4 Å². The zero-order valence-electron chi connectivity index (χ0n) is 12.4. The van der Waals surface area contributed by atoms with E-state index in [1.54, 1.807) is 33.0 Å². The van der Waals surface area contributed by atoms with E-state index < -0.39 is 22.7 Å². The van der Waals surface area contributed by atoms with Crippen LogP contribution in [0.15, 0.2) is 17.0 Å². The van der Waals surface area contributed by atoms with Gasteiger partial charge >= 0.3 is 6.18 Å². The fourth-order valence-corrected chi connectivity index (χ4v) is 4.04. The van der Waals surface area contributed by atoms with Crippen LogP contribution in [0.5, 0.6) is 0 Å². The SMILES string of the molecule is CCN(CC(F)(F)F)S(=O)(=O)c1c(C)cc(NC)cc1C. The number of alkyl halides is 3. The Bertz CT molecular complexity index is 589. The Labute approximate surface area is 123 Å². The highest BCUT2D eigenvalue weighted by Crippen LogP contribution is 2.29. The summed E-state index contributed by atoms with van der Waals surface area (Å²) >= 11 is 0. The number of benzene rings is 1. The Morgan fingerprint density at radius 1 is 1.19 bits per heavy atom. The molecule has 1 N–H and O–H groups in total. The molecule has 0 radical (unpaired) electrons. The lowest BCUT2D eigenvalue weighted by molar-refractivity contribution is -0.135. The van der Waals surface area contributed by atoms with Crippen molar-refractivity contribution in [3.8, 4) is 0 Å². The van der Waals surface area contributed by atoms with Gasteiger partial charge in [0.25, 0.3) is 0 Å². The second-order valence-corrected chi connectivity index (χ2v) is 6.61. The van der Waals surface area contributed by atoms with E-state index in [0.717, 1.165) is 0 Å². The van der Waals surface area contributed by atoms with Gasteiger partial charge < -0.3 is 5.32 Å². The number of anilines is 1. The lowest BCUT2D eigenvalue weighted by Gasteiger charge is -2.24. The highest BCUT2D eigenvalue weighted by Gasteiger charge is 2.37. The van der Waals surface area contributed by atoms with Gasteiger partial charge in [-0.25, -0.2) is 8.42 Å². The molecule has 0 aliphatic rings. The van der Waals surface area contributed by atoms with Gasteiger partial charge in [-0.15, -0.1) is 0 Å². The van der Waals surface area contributed by atoms with Crippen LogP contribution in [0.4, 0.5) is 18.9 Å². The smallest absolute Gasteiger partial charge is 0.388 e. The van der Waals surface area contributed by atoms with Crippen molar-refractivity contribution >= 4 is 15.7 Å². The molecule has 120 valence electrons. The predicted molar refractivity (Wildman–Crippen MR) is 76.0 cm³/mol. The van der Waals surface area contributed by atoms with Crippen LogP contribution in [0, 0.1) is 13.8 Å². The maximum Gasteiger partial charge on any atom is 0.402 e. The van der Waals surface area contributed by atoms with E-state index in [-0.39, 0.29) is 11.4 Å². The van der Waals surface area contributed by atoms with Gasteiger partial charge in [0.05, 0.1) is 4.90 Å². The summed E-state index contributed by atoms with van der Waals surface area (Å²) in [6.07, 6.45) is -4.57. The molecule has 0 aromatic heterocycles. The Hall–Kier alpha value is -1.28. The van der Waals surface area contributed by atoms with Crippen molar-refractivity contribution in [2.75, 3.05) is 25.5 Å². The van der Waals surface area contributed by atoms with Crippen LogP contribution < -0.4 is 5.32 Å². The zero-order valence-corrected chi connectivity index (χ0v) is 13.2. The molecule has 21 heavy (non-hydrogen) atoms. The second-order valence-electron chi connectivity index (χ2n) is 4.74. The van der Waals surface area contributed by atoms with E-state index in [1.165, 1.54) is 6.92 Å². The van der Waals surface area contributed by atoms with Crippen LogP contribution >= 0.6 is 0 Å². The van der Waals surface area contributed by atoms with E-state index in [1.807, 2.05) is 0 Å². The van der Waals surface area contributed by atoms with Crippen molar-refractivity contribution in [2.45, 2.75) is 31.8 Å². The maximum absolute atomic E-state index is 12.5. The fraction of sp³-hybridized carbons (Fsp3) is 0.538. The summed E-state index contributed by atoms with van der Waals surface area (Å²) in [7, 11) is -2.50. The molecule has 1 rings (SSSR count). The minimum atomic E-state index is -4.57. The van der Waals surface area contributed by atoms with Crippen molar-refractivity contribution in [1.29, 1.82) is 0 Å². The minimum Gasteiger partial charge on any atom is -0.388 e. The second kappa shape index (κ2) is 6.23. The van der Waals surface area contributed by atoms with Crippen LogP contribution in [-0.4, -0.2) is 39.0 Å². The van der Waals surface area contributed by atoms with E-state index in [0.29, 0.717) is 21.1 Å². The van der Waals surface area contributed by atoms with Crippen molar-refractivity contribution < 1.29 is 21.6 Å². The van der Waals surface area contributed by atoms with Gasteiger partial charge in [0.15, 0.2) is 0 Å². The van der Waals surface area contributed by atoms with Crippen LogP contribution in [0.3, 0.4) is 0 Å². The minimum absolute atomic E-state index is 0.0624. The van der Waals surface area contributed by atoms with Gasteiger partial charge in [-0.1, -0.05) is 6.92 Å². The van der Waals surface area contributed by atoms with Gasteiger partial charge in [0.1, 0.15) is 6.54 Å². The zero-order chi connectivity index (χ0) is 16.4. The van der Waals surface area contributed by atoms with Gasteiger partial charge in [-0.05, 0) is 37.1 Å². The quantitative estimate of drug-likeness (QED) is 0.906. The average Bonchev–Trinajstić information content (AvgIpc) is 2.33. The average molecular weight is 324 g/mol. The number of nitrogens with zero attached hydrogens (tertiary/aromatic N) is 1. The molecule has 0 unspecified atom stereocenters. The lowest BCUT2D eigenvalue weighted by atomic mass is 10.1. The largest absolute Gasteiger partial charge is 0.402 e. The van der Waals surface area contributed by atoms with Gasteiger partial charge in [-0.2, -0.15) is 17.5 Å². The van der Waals surface area contributed by atoms with Crippen LogP contribution in [0.1, 0.15) is 18.1 Å².